The van der Waals surface area contributed by atoms with Crippen LogP contribution in [0.4, 0.5) is 5.69 Å². The molecule has 0 heterocycles. The van der Waals surface area contributed by atoms with Gasteiger partial charge in [0, 0.05) is 25.3 Å². The number of carbonyl (C=O) groups is 1. The van der Waals surface area contributed by atoms with Crippen LogP contribution in [0.15, 0.2) is 48.5 Å². The third-order valence-corrected chi connectivity index (χ3v) is 3.45. The van der Waals surface area contributed by atoms with Crippen molar-refractivity contribution in [3.63, 3.8) is 0 Å². The van der Waals surface area contributed by atoms with Gasteiger partial charge in [-0.15, -0.1) is 0 Å². The number of Topliss-reactive ketones (excluding diaryl/α,β-unsaturated/α-hetero) is 1. The molecule has 0 aliphatic heterocycles. The average molecular weight is 283 g/mol. The predicted molar refractivity (Wildman–Crippen MR) is 86.3 cm³/mol. The Kier molecular flexibility index (Phi) is 4.63. The summed E-state index contributed by atoms with van der Waals surface area (Å²) in [6.07, 6.45) is -0.0376. The van der Waals surface area contributed by atoms with Crippen LogP contribution in [0.2, 0.25) is 0 Å². The monoisotopic (exact) mass is 283 g/mol. The minimum absolute atomic E-state index is 0.0376. The Bertz CT molecular complexity index is 600. The van der Waals surface area contributed by atoms with Crippen LogP contribution in [0.1, 0.15) is 35.9 Å². The van der Waals surface area contributed by atoms with Gasteiger partial charge in [0.1, 0.15) is 11.9 Å². The molecule has 0 amide bonds. The quantitative estimate of drug-likeness (QED) is 0.774. The van der Waals surface area contributed by atoms with E-state index in [0.29, 0.717) is 5.56 Å². The molecule has 0 saturated carbocycles. The first kappa shape index (κ1) is 15.1. The molecule has 21 heavy (non-hydrogen) atoms. The van der Waals surface area contributed by atoms with Crippen molar-refractivity contribution >= 4 is 11.5 Å². The molecule has 2 aromatic carbocycles. The van der Waals surface area contributed by atoms with E-state index in [1.54, 1.807) is 19.1 Å². The number of anilines is 1. The van der Waals surface area contributed by atoms with Gasteiger partial charge in [-0.25, -0.2) is 0 Å². The third-order valence-electron chi connectivity index (χ3n) is 3.45. The SMILES string of the molecule is CC(=O)c1ccc(OC(C)c2ccc(N(C)C)cc2)cc1. The van der Waals surface area contributed by atoms with Crippen LogP contribution in [0.3, 0.4) is 0 Å². The van der Waals surface area contributed by atoms with Crippen molar-refractivity contribution in [3.8, 4) is 5.75 Å². The molecule has 0 bridgehead atoms. The van der Waals surface area contributed by atoms with Crippen molar-refractivity contribution in [1.82, 2.24) is 0 Å². The van der Waals surface area contributed by atoms with Crippen LogP contribution in [0, 0.1) is 0 Å². The van der Waals surface area contributed by atoms with Crippen molar-refractivity contribution in [3.05, 3.63) is 59.7 Å². The lowest BCUT2D eigenvalue weighted by atomic mass is 10.1. The third kappa shape index (κ3) is 3.85. The second kappa shape index (κ2) is 6.44. The van der Waals surface area contributed by atoms with Gasteiger partial charge >= 0.3 is 0 Å². The molecule has 0 fully saturated rings. The van der Waals surface area contributed by atoms with E-state index < -0.39 is 0 Å². The lowest BCUT2D eigenvalue weighted by molar-refractivity contribution is 0.101. The van der Waals surface area contributed by atoms with Gasteiger partial charge in [-0.05, 0) is 55.8 Å². The van der Waals surface area contributed by atoms with E-state index in [-0.39, 0.29) is 11.9 Å². The minimum Gasteiger partial charge on any atom is -0.486 e. The van der Waals surface area contributed by atoms with E-state index in [1.807, 2.05) is 33.2 Å². The van der Waals surface area contributed by atoms with E-state index >= 15 is 0 Å². The summed E-state index contributed by atoms with van der Waals surface area (Å²) in [5.41, 5.74) is 2.98. The second-order valence-electron chi connectivity index (χ2n) is 5.33. The zero-order valence-electron chi connectivity index (χ0n) is 13.0. The highest BCUT2D eigenvalue weighted by Gasteiger charge is 2.08. The second-order valence-corrected chi connectivity index (χ2v) is 5.33. The summed E-state index contributed by atoms with van der Waals surface area (Å²) in [6, 6.07) is 15.6. The molecule has 0 saturated heterocycles. The fourth-order valence-electron chi connectivity index (χ4n) is 2.08. The highest BCUT2D eigenvalue weighted by Crippen LogP contribution is 2.23. The average Bonchev–Trinajstić information content (AvgIpc) is 2.47. The Morgan fingerprint density at radius 2 is 1.57 bits per heavy atom. The molecule has 0 aliphatic carbocycles. The maximum atomic E-state index is 11.2. The van der Waals surface area contributed by atoms with Gasteiger partial charge in [0.05, 0.1) is 0 Å². The van der Waals surface area contributed by atoms with Crippen LogP contribution in [-0.2, 0) is 0 Å². The standard InChI is InChI=1S/C18H21NO2/c1-13(20)15-7-11-18(12-8-15)21-14(2)16-5-9-17(10-6-16)19(3)4/h5-12,14H,1-4H3. The Morgan fingerprint density at radius 1 is 1.00 bits per heavy atom. The van der Waals surface area contributed by atoms with Crippen molar-refractivity contribution in [2.24, 2.45) is 0 Å². The molecule has 3 heteroatoms. The molecule has 1 atom stereocenters. The number of rotatable bonds is 5. The highest BCUT2D eigenvalue weighted by molar-refractivity contribution is 5.94. The van der Waals surface area contributed by atoms with Crippen molar-refractivity contribution < 1.29 is 9.53 Å². The Hall–Kier alpha value is -2.29. The normalized spacial score (nSPS) is 11.8. The molecular weight excluding hydrogens is 262 g/mol. The molecule has 110 valence electrons. The Labute approximate surface area is 126 Å². The zero-order valence-corrected chi connectivity index (χ0v) is 13.0. The number of nitrogens with zero attached hydrogens (tertiary/aromatic N) is 1. The lowest BCUT2D eigenvalue weighted by Gasteiger charge is -2.17. The van der Waals surface area contributed by atoms with Gasteiger partial charge in [0.25, 0.3) is 0 Å². The van der Waals surface area contributed by atoms with Crippen molar-refractivity contribution in [2.45, 2.75) is 20.0 Å². The molecule has 0 radical (unpaired) electrons. The van der Waals surface area contributed by atoms with E-state index in [4.69, 9.17) is 4.74 Å². The summed E-state index contributed by atoms with van der Waals surface area (Å²) in [4.78, 5) is 13.3. The Morgan fingerprint density at radius 3 is 2.05 bits per heavy atom. The molecule has 0 N–H and O–H groups in total. The van der Waals surface area contributed by atoms with Gasteiger partial charge in [-0.2, -0.15) is 0 Å². The van der Waals surface area contributed by atoms with E-state index in [1.165, 1.54) is 0 Å². The molecule has 2 aromatic rings. The molecule has 0 aromatic heterocycles. The van der Waals surface area contributed by atoms with Crippen molar-refractivity contribution in [1.29, 1.82) is 0 Å². The minimum atomic E-state index is -0.0376. The molecule has 0 spiro atoms. The van der Waals surface area contributed by atoms with E-state index in [0.717, 1.165) is 17.0 Å². The molecule has 3 nitrogen and oxygen atoms in total. The van der Waals surface area contributed by atoms with Crippen LogP contribution in [-0.4, -0.2) is 19.9 Å². The van der Waals surface area contributed by atoms with Crippen LogP contribution in [0.5, 0.6) is 5.75 Å². The van der Waals surface area contributed by atoms with Gasteiger partial charge in [0.2, 0.25) is 0 Å². The van der Waals surface area contributed by atoms with Crippen LogP contribution in [0.25, 0.3) is 0 Å². The summed E-state index contributed by atoms with van der Waals surface area (Å²) < 4.78 is 5.91. The number of benzene rings is 2. The molecular formula is C18H21NO2. The predicted octanol–water partition coefficient (Wildman–Crippen LogP) is 4.10. The summed E-state index contributed by atoms with van der Waals surface area (Å²) in [6.45, 7) is 3.58. The molecule has 1 unspecified atom stereocenters. The van der Waals surface area contributed by atoms with E-state index in [9.17, 15) is 4.79 Å². The fraction of sp³-hybridized carbons (Fsp3) is 0.278. The van der Waals surface area contributed by atoms with Gasteiger partial charge in [-0.3, -0.25) is 4.79 Å². The van der Waals surface area contributed by atoms with Gasteiger partial charge in [-0.1, -0.05) is 12.1 Å². The number of ketones is 1. The zero-order chi connectivity index (χ0) is 15.4. The first-order valence-corrected chi connectivity index (χ1v) is 7.02. The smallest absolute Gasteiger partial charge is 0.159 e. The maximum absolute atomic E-state index is 11.2. The number of carbonyl (C=O) groups excluding carboxylic acids is 1. The first-order chi connectivity index (χ1) is 9.97. The summed E-state index contributed by atoms with van der Waals surface area (Å²) >= 11 is 0. The van der Waals surface area contributed by atoms with Crippen LogP contribution >= 0.6 is 0 Å². The maximum Gasteiger partial charge on any atom is 0.159 e. The Balaban J connectivity index is 2.06. The summed E-state index contributed by atoms with van der Waals surface area (Å²) in [5.74, 6) is 0.832. The number of hydrogen-bond donors (Lipinski definition) is 0. The molecule has 2 rings (SSSR count). The largest absolute Gasteiger partial charge is 0.486 e. The highest BCUT2D eigenvalue weighted by atomic mass is 16.5. The lowest BCUT2D eigenvalue weighted by Crippen LogP contribution is -2.09. The number of hydrogen-bond acceptors (Lipinski definition) is 3. The van der Waals surface area contributed by atoms with Gasteiger partial charge < -0.3 is 9.64 Å². The topological polar surface area (TPSA) is 29.5 Å². The number of ether oxygens (including phenoxy) is 1. The molecule has 0 aliphatic rings. The summed E-state index contributed by atoms with van der Waals surface area (Å²) in [7, 11) is 4.04. The summed E-state index contributed by atoms with van der Waals surface area (Å²) in [5, 5.41) is 0. The first-order valence-electron chi connectivity index (χ1n) is 7.02. The van der Waals surface area contributed by atoms with E-state index in [2.05, 4.69) is 29.2 Å². The van der Waals surface area contributed by atoms with Crippen LogP contribution < -0.4 is 9.64 Å². The van der Waals surface area contributed by atoms with Crippen molar-refractivity contribution in [2.75, 3.05) is 19.0 Å². The van der Waals surface area contributed by atoms with Gasteiger partial charge in [0.15, 0.2) is 5.78 Å². The fourth-order valence-corrected chi connectivity index (χ4v) is 2.08.